The third-order valence-corrected chi connectivity index (χ3v) is 4.22. The van der Waals surface area contributed by atoms with E-state index in [0.29, 0.717) is 11.4 Å². The zero-order valence-corrected chi connectivity index (χ0v) is 14.9. The topological polar surface area (TPSA) is 55.6 Å². The van der Waals surface area contributed by atoms with Crippen molar-refractivity contribution in [3.8, 4) is 17.0 Å². The number of amides is 1. The molecule has 2 aromatic carbocycles. The Hall–Kier alpha value is -3.60. The third-order valence-electron chi connectivity index (χ3n) is 4.22. The standard InChI is InChI=1S/C22H19N3O2/c1-16(27-19-10-3-2-4-11-19)22(26)23-18-9-7-8-17(14-18)20-15-25-13-6-5-12-21(25)24-20/h2-16H,1H3,(H,23,26)/t16-/m1/s1. The van der Waals surface area contributed by atoms with Crippen LogP contribution < -0.4 is 10.1 Å². The number of carbonyl (C=O) groups excluding carboxylic acids is 1. The molecule has 2 heterocycles. The summed E-state index contributed by atoms with van der Waals surface area (Å²) in [5.41, 5.74) is 3.38. The minimum Gasteiger partial charge on any atom is -0.481 e. The van der Waals surface area contributed by atoms with Gasteiger partial charge >= 0.3 is 0 Å². The molecule has 27 heavy (non-hydrogen) atoms. The van der Waals surface area contributed by atoms with Crippen molar-refractivity contribution in [1.29, 1.82) is 0 Å². The second kappa shape index (κ2) is 7.33. The SMILES string of the molecule is C[C@@H](Oc1ccccc1)C(=O)Nc1cccc(-c2cn3ccccc3n2)c1. The highest BCUT2D eigenvalue weighted by Gasteiger charge is 2.15. The molecule has 0 aliphatic heterocycles. The highest BCUT2D eigenvalue weighted by atomic mass is 16.5. The number of fused-ring (bicyclic) bond motifs is 1. The number of para-hydroxylation sites is 1. The van der Waals surface area contributed by atoms with E-state index < -0.39 is 6.10 Å². The smallest absolute Gasteiger partial charge is 0.265 e. The molecule has 0 radical (unpaired) electrons. The van der Waals surface area contributed by atoms with Crippen molar-refractivity contribution in [3.63, 3.8) is 0 Å². The van der Waals surface area contributed by atoms with Crippen molar-refractivity contribution in [1.82, 2.24) is 9.38 Å². The summed E-state index contributed by atoms with van der Waals surface area (Å²) >= 11 is 0. The number of aromatic nitrogens is 2. The van der Waals surface area contributed by atoms with Gasteiger partial charge in [-0.15, -0.1) is 0 Å². The molecule has 0 aliphatic rings. The quantitative estimate of drug-likeness (QED) is 0.576. The molecule has 0 unspecified atom stereocenters. The molecule has 134 valence electrons. The van der Waals surface area contributed by atoms with Gasteiger partial charge in [0, 0.05) is 23.6 Å². The fourth-order valence-electron chi connectivity index (χ4n) is 2.83. The number of anilines is 1. The van der Waals surface area contributed by atoms with Crippen LogP contribution in [-0.2, 0) is 4.79 Å². The third kappa shape index (κ3) is 3.82. The molecular formula is C22H19N3O2. The van der Waals surface area contributed by atoms with E-state index in [4.69, 9.17) is 4.74 Å². The summed E-state index contributed by atoms with van der Waals surface area (Å²) < 4.78 is 7.64. The number of benzene rings is 2. The van der Waals surface area contributed by atoms with E-state index >= 15 is 0 Å². The number of nitrogens with one attached hydrogen (secondary N) is 1. The van der Waals surface area contributed by atoms with Gasteiger partial charge in [0.05, 0.1) is 5.69 Å². The normalized spacial score (nSPS) is 11.9. The van der Waals surface area contributed by atoms with E-state index in [2.05, 4.69) is 10.3 Å². The zero-order chi connectivity index (χ0) is 18.6. The van der Waals surface area contributed by atoms with Crippen LogP contribution in [0, 0.1) is 0 Å². The first-order chi connectivity index (χ1) is 13.2. The van der Waals surface area contributed by atoms with Gasteiger partial charge in [-0.05, 0) is 43.3 Å². The Labute approximate surface area is 157 Å². The van der Waals surface area contributed by atoms with E-state index in [0.717, 1.165) is 16.9 Å². The first kappa shape index (κ1) is 16.8. The fraction of sp³-hybridized carbons (Fsp3) is 0.0909. The Morgan fingerprint density at radius 3 is 2.67 bits per heavy atom. The average Bonchev–Trinajstić information content (AvgIpc) is 3.13. The van der Waals surface area contributed by atoms with Gasteiger partial charge in [-0.25, -0.2) is 4.98 Å². The number of carbonyl (C=O) groups is 1. The number of nitrogens with zero attached hydrogens (tertiary/aromatic N) is 2. The minimum atomic E-state index is -0.605. The molecule has 4 rings (SSSR count). The first-order valence-corrected chi connectivity index (χ1v) is 8.76. The summed E-state index contributed by atoms with van der Waals surface area (Å²) in [7, 11) is 0. The molecule has 0 saturated heterocycles. The second-order valence-corrected chi connectivity index (χ2v) is 6.24. The Kier molecular flexibility index (Phi) is 4.58. The predicted molar refractivity (Wildman–Crippen MR) is 106 cm³/mol. The van der Waals surface area contributed by atoms with Crippen LogP contribution in [0.15, 0.2) is 85.2 Å². The lowest BCUT2D eigenvalue weighted by Gasteiger charge is -2.15. The van der Waals surface area contributed by atoms with Crippen molar-refractivity contribution in [3.05, 3.63) is 85.2 Å². The van der Waals surface area contributed by atoms with E-state index in [9.17, 15) is 4.79 Å². The fourth-order valence-corrected chi connectivity index (χ4v) is 2.83. The largest absolute Gasteiger partial charge is 0.481 e. The number of pyridine rings is 1. The zero-order valence-electron chi connectivity index (χ0n) is 14.9. The molecule has 1 N–H and O–H groups in total. The summed E-state index contributed by atoms with van der Waals surface area (Å²) in [5, 5.41) is 2.91. The van der Waals surface area contributed by atoms with Crippen molar-refractivity contribution in [2.24, 2.45) is 0 Å². The first-order valence-electron chi connectivity index (χ1n) is 8.76. The minimum absolute atomic E-state index is 0.203. The highest BCUT2D eigenvalue weighted by molar-refractivity contribution is 5.94. The number of rotatable bonds is 5. The van der Waals surface area contributed by atoms with Gasteiger partial charge in [0.2, 0.25) is 0 Å². The highest BCUT2D eigenvalue weighted by Crippen LogP contribution is 2.23. The van der Waals surface area contributed by atoms with Crippen LogP contribution in [-0.4, -0.2) is 21.4 Å². The van der Waals surface area contributed by atoms with Gasteiger partial charge in [0.1, 0.15) is 11.4 Å². The van der Waals surface area contributed by atoms with Crippen LogP contribution in [0.4, 0.5) is 5.69 Å². The molecular weight excluding hydrogens is 338 g/mol. The molecule has 0 spiro atoms. The van der Waals surface area contributed by atoms with Gasteiger partial charge in [-0.1, -0.05) is 36.4 Å². The van der Waals surface area contributed by atoms with Gasteiger partial charge < -0.3 is 14.5 Å². The molecule has 5 nitrogen and oxygen atoms in total. The summed E-state index contributed by atoms with van der Waals surface area (Å²) in [6.07, 6.45) is 3.32. The molecule has 0 fully saturated rings. The van der Waals surface area contributed by atoms with Crippen molar-refractivity contribution >= 4 is 17.2 Å². The Morgan fingerprint density at radius 2 is 1.85 bits per heavy atom. The molecule has 5 heteroatoms. The lowest BCUT2D eigenvalue weighted by Crippen LogP contribution is -2.30. The second-order valence-electron chi connectivity index (χ2n) is 6.24. The van der Waals surface area contributed by atoms with Crippen LogP contribution in [0.25, 0.3) is 16.9 Å². The molecule has 0 saturated carbocycles. The Balaban J connectivity index is 1.49. The maximum atomic E-state index is 12.4. The maximum absolute atomic E-state index is 12.4. The van der Waals surface area contributed by atoms with Crippen LogP contribution in [0.3, 0.4) is 0 Å². The lowest BCUT2D eigenvalue weighted by molar-refractivity contribution is -0.122. The summed E-state index contributed by atoms with van der Waals surface area (Å²) in [4.78, 5) is 17.1. The summed E-state index contributed by atoms with van der Waals surface area (Å²) in [6, 6.07) is 22.8. The molecule has 0 bridgehead atoms. The summed E-state index contributed by atoms with van der Waals surface area (Å²) in [6.45, 7) is 1.73. The Bertz CT molecular complexity index is 1040. The van der Waals surface area contributed by atoms with Crippen molar-refractivity contribution in [2.45, 2.75) is 13.0 Å². The van der Waals surface area contributed by atoms with Crippen LogP contribution >= 0.6 is 0 Å². The summed E-state index contributed by atoms with van der Waals surface area (Å²) in [5.74, 6) is 0.463. The maximum Gasteiger partial charge on any atom is 0.265 e. The number of hydrogen-bond donors (Lipinski definition) is 1. The van der Waals surface area contributed by atoms with Gasteiger partial charge in [-0.2, -0.15) is 0 Å². The van der Waals surface area contributed by atoms with E-state index in [1.54, 1.807) is 6.92 Å². The number of imidazole rings is 1. The van der Waals surface area contributed by atoms with Crippen molar-refractivity contribution in [2.75, 3.05) is 5.32 Å². The molecule has 1 atom stereocenters. The predicted octanol–water partition coefficient (Wildman–Crippen LogP) is 4.41. The van der Waals surface area contributed by atoms with Crippen LogP contribution in [0.2, 0.25) is 0 Å². The van der Waals surface area contributed by atoms with Crippen molar-refractivity contribution < 1.29 is 9.53 Å². The van der Waals surface area contributed by atoms with Gasteiger partial charge in [0.15, 0.2) is 6.10 Å². The monoisotopic (exact) mass is 357 g/mol. The molecule has 0 aliphatic carbocycles. The van der Waals surface area contributed by atoms with E-state index in [-0.39, 0.29) is 5.91 Å². The van der Waals surface area contributed by atoms with E-state index in [1.807, 2.05) is 89.6 Å². The molecule has 2 aromatic heterocycles. The lowest BCUT2D eigenvalue weighted by atomic mass is 10.1. The van der Waals surface area contributed by atoms with Crippen LogP contribution in [0.1, 0.15) is 6.92 Å². The average molecular weight is 357 g/mol. The number of ether oxygens (including phenoxy) is 1. The number of hydrogen-bond acceptors (Lipinski definition) is 3. The Morgan fingerprint density at radius 1 is 1.04 bits per heavy atom. The molecule has 1 amide bonds. The van der Waals surface area contributed by atoms with Gasteiger partial charge in [0.25, 0.3) is 5.91 Å². The van der Waals surface area contributed by atoms with Gasteiger partial charge in [-0.3, -0.25) is 4.79 Å². The molecule has 4 aromatic rings. The van der Waals surface area contributed by atoms with Crippen LogP contribution in [0.5, 0.6) is 5.75 Å². The van der Waals surface area contributed by atoms with E-state index in [1.165, 1.54) is 0 Å².